The van der Waals surface area contributed by atoms with Crippen LogP contribution in [0.1, 0.15) is 48.1 Å². The Kier molecular flexibility index (Phi) is 2.57. The maximum atomic E-state index is 11.7. The molecule has 0 radical (unpaired) electrons. The van der Waals surface area contributed by atoms with Gasteiger partial charge in [0.25, 0.3) is 0 Å². The third-order valence-electron chi connectivity index (χ3n) is 4.11. The molecule has 2 rings (SSSR count). The molecule has 0 spiro atoms. The van der Waals surface area contributed by atoms with Gasteiger partial charge in [0, 0.05) is 11.0 Å². The van der Waals surface area contributed by atoms with Gasteiger partial charge in [-0.15, -0.1) is 0 Å². The summed E-state index contributed by atoms with van der Waals surface area (Å²) in [6.07, 6.45) is 0.461. The van der Waals surface area contributed by atoms with E-state index in [-0.39, 0.29) is 11.4 Å². The number of hydrogen-bond donors (Lipinski definition) is 0. The maximum absolute atomic E-state index is 11.7. The highest BCUT2D eigenvalue weighted by molar-refractivity contribution is 5.79. The minimum absolute atomic E-state index is 0.117. The van der Waals surface area contributed by atoms with Crippen molar-refractivity contribution >= 4 is 5.97 Å². The van der Waals surface area contributed by atoms with Crippen LogP contribution in [-0.2, 0) is 10.2 Å². The number of fused-ring (bicyclic) bond motifs is 1. The Bertz CT molecular complexity index is 510. The molecule has 92 valence electrons. The van der Waals surface area contributed by atoms with Crippen molar-refractivity contribution in [3.8, 4) is 5.75 Å². The number of rotatable bonds is 0. The van der Waals surface area contributed by atoms with Crippen molar-refractivity contribution < 1.29 is 9.53 Å². The Morgan fingerprint density at radius 2 is 1.47 bits per heavy atom. The van der Waals surface area contributed by atoms with E-state index in [9.17, 15) is 4.79 Å². The zero-order valence-corrected chi connectivity index (χ0v) is 11.5. The molecule has 0 unspecified atom stereocenters. The van der Waals surface area contributed by atoms with Crippen LogP contribution in [0, 0.1) is 27.7 Å². The normalized spacial score (nSPS) is 17.6. The number of hydrogen-bond acceptors (Lipinski definition) is 2. The third kappa shape index (κ3) is 1.67. The molecular weight excluding hydrogens is 212 g/mol. The summed E-state index contributed by atoms with van der Waals surface area (Å²) < 4.78 is 5.48. The molecule has 0 fully saturated rings. The fourth-order valence-electron chi connectivity index (χ4n) is 2.82. The van der Waals surface area contributed by atoms with Crippen LogP contribution in [0.5, 0.6) is 5.75 Å². The first-order valence-corrected chi connectivity index (χ1v) is 6.07. The minimum atomic E-state index is -0.127. The second-order valence-electron chi connectivity index (χ2n) is 5.74. The lowest BCUT2D eigenvalue weighted by Gasteiger charge is -2.35. The van der Waals surface area contributed by atoms with E-state index in [1.165, 1.54) is 22.3 Å². The van der Waals surface area contributed by atoms with Crippen LogP contribution in [0.3, 0.4) is 0 Å². The van der Waals surface area contributed by atoms with E-state index in [2.05, 4.69) is 34.6 Å². The van der Waals surface area contributed by atoms with Crippen molar-refractivity contribution in [2.24, 2.45) is 0 Å². The van der Waals surface area contributed by atoms with E-state index in [0.29, 0.717) is 6.42 Å². The fraction of sp³-hybridized carbons (Fsp3) is 0.533. The molecule has 0 amide bonds. The summed E-state index contributed by atoms with van der Waals surface area (Å²) in [6, 6.07) is 0. The molecule has 0 bridgehead atoms. The van der Waals surface area contributed by atoms with Gasteiger partial charge in [-0.05, 0) is 49.9 Å². The van der Waals surface area contributed by atoms with E-state index >= 15 is 0 Å². The quantitative estimate of drug-likeness (QED) is 0.505. The highest BCUT2D eigenvalue weighted by atomic mass is 16.5. The molecular formula is C15H20O2. The number of carbonyl (C=O) groups excluding carboxylic acids is 1. The lowest BCUT2D eigenvalue weighted by Crippen LogP contribution is -2.32. The van der Waals surface area contributed by atoms with Gasteiger partial charge in [0.2, 0.25) is 0 Å². The average Bonchev–Trinajstić information content (AvgIpc) is 2.21. The van der Waals surface area contributed by atoms with Crippen molar-refractivity contribution in [1.82, 2.24) is 0 Å². The topological polar surface area (TPSA) is 26.3 Å². The Labute approximate surface area is 103 Å². The first-order chi connectivity index (χ1) is 7.75. The van der Waals surface area contributed by atoms with Gasteiger partial charge < -0.3 is 4.74 Å². The predicted octanol–water partition coefficient (Wildman–Crippen LogP) is 3.51. The number of esters is 1. The van der Waals surface area contributed by atoms with Gasteiger partial charge >= 0.3 is 5.97 Å². The molecule has 2 nitrogen and oxygen atoms in total. The highest BCUT2D eigenvalue weighted by Crippen LogP contribution is 2.45. The van der Waals surface area contributed by atoms with Gasteiger partial charge in [0.05, 0.1) is 6.42 Å². The van der Waals surface area contributed by atoms with Crippen molar-refractivity contribution in [1.29, 1.82) is 0 Å². The van der Waals surface area contributed by atoms with E-state index in [1.54, 1.807) is 0 Å². The standard InChI is InChI=1S/C15H20O2/c1-8-9(2)11(4)14-13(10(8)3)15(5,6)7-12(16)17-14/h7H2,1-6H3. The molecule has 0 saturated heterocycles. The Morgan fingerprint density at radius 3 is 2.06 bits per heavy atom. The second-order valence-corrected chi connectivity index (χ2v) is 5.74. The molecule has 1 aromatic rings. The van der Waals surface area contributed by atoms with Gasteiger partial charge in [-0.2, -0.15) is 0 Å². The summed E-state index contributed by atoms with van der Waals surface area (Å²) in [6.45, 7) is 12.6. The fourth-order valence-corrected chi connectivity index (χ4v) is 2.82. The SMILES string of the molecule is Cc1c(C)c(C)c2c(c1C)OC(=O)CC2(C)C. The van der Waals surface area contributed by atoms with Crippen molar-refractivity contribution in [3.05, 3.63) is 27.8 Å². The largest absolute Gasteiger partial charge is 0.426 e. The number of benzene rings is 1. The smallest absolute Gasteiger partial charge is 0.312 e. The Hall–Kier alpha value is -1.31. The Morgan fingerprint density at radius 1 is 0.941 bits per heavy atom. The summed E-state index contributed by atoms with van der Waals surface area (Å²) >= 11 is 0. The first-order valence-electron chi connectivity index (χ1n) is 6.07. The van der Waals surface area contributed by atoms with E-state index < -0.39 is 0 Å². The van der Waals surface area contributed by atoms with Gasteiger partial charge in [-0.3, -0.25) is 4.79 Å². The molecule has 0 atom stereocenters. The van der Waals surface area contributed by atoms with Gasteiger partial charge in [0.1, 0.15) is 5.75 Å². The number of ether oxygens (including phenoxy) is 1. The predicted molar refractivity (Wildman–Crippen MR) is 68.7 cm³/mol. The minimum Gasteiger partial charge on any atom is -0.426 e. The van der Waals surface area contributed by atoms with Crippen LogP contribution in [0.15, 0.2) is 0 Å². The molecule has 1 aliphatic rings. The van der Waals surface area contributed by atoms with Crippen LogP contribution >= 0.6 is 0 Å². The van der Waals surface area contributed by atoms with Gasteiger partial charge in [-0.25, -0.2) is 0 Å². The van der Waals surface area contributed by atoms with E-state index in [4.69, 9.17) is 4.74 Å². The van der Waals surface area contributed by atoms with Crippen molar-refractivity contribution in [2.75, 3.05) is 0 Å². The van der Waals surface area contributed by atoms with Crippen LogP contribution < -0.4 is 4.74 Å². The molecule has 1 heterocycles. The molecule has 0 aliphatic carbocycles. The zero-order valence-electron chi connectivity index (χ0n) is 11.5. The van der Waals surface area contributed by atoms with Crippen LogP contribution in [0.4, 0.5) is 0 Å². The second kappa shape index (κ2) is 3.59. The molecule has 0 N–H and O–H groups in total. The molecule has 0 aromatic heterocycles. The first kappa shape index (κ1) is 12.2. The summed E-state index contributed by atoms with van der Waals surface area (Å²) in [5, 5.41) is 0. The molecule has 17 heavy (non-hydrogen) atoms. The Balaban J connectivity index is 2.84. The maximum Gasteiger partial charge on any atom is 0.312 e. The molecule has 1 aliphatic heterocycles. The summed E-state index contributed by atoms with van der Waals surface area (Å²) in [7, 11) is 0. The zero-order chi connectivity index (χ0) is 13.0. The highest BCUT2D eigenvalue weighted by Gasteiger charge is 2.37. The van der Waals surface area contributed by atoms with Crippen LogP contribution in [0.25, 0.3) is 0 Å². The van der Waals surface area contributed by atoms with Gasteiger partial charge in [-0.1, -0.05) is 13.8 Å². The molecule has 1 aromatic carbocycles. The van der Waals surface area contributed by atoms with E-state index in [1.807, 2.05) is 6.92 Å². The monoisotopic (exact) mass is 232 g/mol. The van der Waals surface area contributed by atoms with Gasteiger partial charge in [0.15, 0.2) is 0 Å². The van der Waals surface area contributed by atoms with Crippen molar-refractivity contribution in [3.63, 3.8) is 0 Å². The average molecular weight is 232 g/mol. The summed E-state index contributed by atoms with van der Waals surface area (Å²) in [4.78, 5) is 11.7. The third-order valence-corrected chi connectivity index (χ3v) is 4.11. The van der Waals surface area contributed by atoms with Crippen LogP contribution in [0.2, 0.25) is 0 Å². The summed E-state index contributed by atoms with van der Waals surface area (Å²) in [5.74, 6) is 0.681. The van der Waals surface area contributed by atoms with Crippen molar-refractivity contribution in [2.45, 2.75) is 53.4 Å². The lowest BCUT2D eigenvalue weighted by molar-refractivity contribution is -0.137. The summed E-state index contributed by atoms with van der Waals surface area (Å²) in [5.41, 5.74) is 5.99. The molecule has 2 heteroatoms. The number of carbonyl (C=O) groups is 1. The lowest BCUT2D eigenvalue weighted by atomic mass is 9.74. The van der Waals surface area contributed by atoms with Crippen LogP contribution in [-0.4, -0.2) is 5.97 Å². The molecule has 0 saturated carbocycles. The van der Waals surface area contributed by atoms with E-state index in [0.717, 1.165) is 11.3 Å².